The van der Waals surface area contributed by atoms with Gasteiger partial charge in [-0.15, -0.1) is 0 Å². The number of carbonyl (C=O) groups excluding carboxylic acids is 11. The molecule has 11 amide bonds. The van der Waals surface area contributed by atoms with Crippen molar-refractivity contribution in [3.05, 3.63) is 102 Å². The fourth-order valence-corrected chi connectivity index (χ4v) is 10.3. The van der Waals surface area contributed by atoms with E-state index in [0.29, 0.717) is 16.7 Å². The van der Waals surface area contributed by atoms with E-state index in [-0.39, 0.29) is 48.9 Å². The third-order valence-electron chi connectivity index (χ3n) is 12.3. The van der Waals surface area contributed by atoms with Crippen LogP contribution in [0.2, 0.25) is 0 Å². The second-order valence-corrected chi connectivity index (χ2v) is 22.1. The molecule has 18 N–H and O–H groups in total. The molecular formula is C53H70N12O15S2. The molecular weight excluding hydrogens is 1110 g/mol. The van der Waals surface area contributed by atoms with Crippen LogP contribution in [0.1, 0.15) is 56.2 Å². The molecule has 1 fully saturated rings. The van der Waals surface area contributed by atoms with E-state index in [9.17, 15) is 72.9 Å². The van der Waals surface area contributed by atoms with E-state index in [1.807, 2.05) is 0 Å². The van der Waals surface area contributed by atoms with E-state index in [1.165, 1.54) is 24.3 Å². The van der Waals surface area contributed by atoms with Crippen LogP contribution in [0.4, 0.5) is 0 Å². The number of amides is 11. The van der Waals surface area contributed by atoms with Crippen LogP contribution in [0, 0.1) is 5.92 Å². The third-order valence-corrected chi connectivity index (χ3v) is 14.7. The number of primary amides is 2. The van der Waals surface area contributed by atoms with Gasteiger partial charge in [0.15, 0.2) is 0 Å². The quantitative estimate of drug-likeness (QED) is 0.0516. The molecule has 9 unspecified atom stereocenters. The van der Waals surface area contributed by atoms with Gasteiger partial charge in [-0.2, -0.15) is 0 Å². The SMILES string of the molecule is CC(C)CC1NC(=O)C(Cc2ccccc2)NC(=O)C(CO)NC(=O)CNC(=O)C(CCC(N)=O)NC(=O)C(CC(N)=O)NC(=O)C(NC(=O)C(N)Cc2ccccc2)CSSCC(C(=O)NC(Cc2ccc(O)cc2)C(=O)O)NC1=O. The molecule has 1 aliphatic rings. The summed E-state index contributed by atoms with van der Waals surface area (Å²) >= 11 is 0. The zero-order valence-electron chi connectivity index (χ0n) is 44.9. The van der Waals surface area contributed by atoms with E-state index in [2.05, 4.69) is 47.9 Å². The highest BCUT2D eigenvalue weighted by Crippen LogP contribution is 2.24. The normalized spacial score (nSPS) is 22.0. The van der Waals surface area contributed by atoms with Crippen LogP contribution in [-0.4, -0.2) is 165 Å². The summed E-state index contributed by atoms with van der Waals surface area (Å²) in [4.78, 5) is 163. The Bertz CT molecular complexity index is 2730. The van der Waals surface area contributed by atoms with E-state index in [4.69, 9.17) is 17.2 Å². The average molecular weight is 1180 g/mol. The summed E-state index contributed by atoms with van der Waals surface area (Å²) in [6.07, 6.45) is -2.37. The molecule has 444 valence electrons. The van der Waals surface area contributed by atoms with Gasteiger partial charge in [-0.05, 0) is 54.0 Å². The lowest BCUT2D eigenvalue weighted by Gasteiger charge is -2.28. The Morgan fingerprint density at radius 3 is 1.78 bits per heavy atom. The van der Waals surface area contributed by atoms with E-state index in [0.717, 1.165) is 21.6 Å². The Balaban J connectivity index is 1.80. The maximum absolute atomic E-state index is 14.5. The first-order valence-corrected chi connectivity index (χ1v) is 28.4. The molecule has 0 bridgehead atoms. The molecule has 27 nitrogen and oxygen atoms in total. The minimum Gasteiger partial charge on any atom is -0.508 e. The standard InChI is InChI=1S/C53H70N12O15S2/c1-28(2)19-35-47(73)65-41(52(78)63-38(53(79)80)22-31-13-15-32(67)16-14-31)27-82-81-26-40(64-45(71)33(54)20-29-9-5-3-6-10-29)51(77)62-37(23-43(56)69)49(75)59-34(17-18-42(55)68)46(72)57-24-44(70)58-39(25-66)50(76)61-36(48(74)60-35)21-30-11-7-4-8-12-30/h3-16,28,33-41,66-67H,17-27,54H2,1-2H3,(H2,55,68)(H2,56,69)(H,57,72)(H,58,70)(H,59,75)(H,60,74)(H,61,76)(H,62,77)(H,63,78)(H,64,71)(H,65,73)(H,79,80). The van der Waals surface area contributed by atoms with Crippen LogP contribution >= 0.6 is 21.6 Å². The number of aliphatic carboxylic acids is 1. The van der Waals surface area contributed by atoms with Gasteiger partial charge in [0.1, 0.15) is 54.1 Å². The molecule has 4 rings (SSSR count). The van der Waals surface area contributed by atoms with Gasteiger partial charge in [0.05, 0.1) is 25.6 Å². The first kappa shape index (κ1) is 66.2. The van der Waals surface area contributed by atoms with Gasteiger partial charge in [0, 0.05) is 30.8 Å². The minimum atomic E-state index is -1.85. The smallest absolute Gasteiger partial charge is 0.326 e. The highest BCUT2D eigenvalue weighted by Gasteiger charge is 2.36. The molecule has 1 heterocycles. The molecule has 9 atom stereocenters. The number of carboxylic acid groups (broad SMARTS) is 1. The Morgan fingerprint density at radius 2 is 1.18 bits per heavy atom. The molecule has 0 saturated carbocycles. The van der Waals surface area contributed by atoms with Crippen LogP contribution < -0.4 is 65.1 Å². The van der Waals surface area contributed by atoms with E-state index < -0.39 is 158 Å². The number of carboxylic acids is 1. The second-order valence-electron chi connectivity index (χ2n) is 19.5. The lowest BCUT2D eigenvalue weighted by Crippen LogP contribution is -2.60. The fourth-order valence-electron chi connectivity index (χ4n) is 8.00. The number of phenols is 1. The summed E-state index contributed by atoms with van der Waals surface area (Å²) in [5.41, 5.74) is 18.7. The van der Waals surface area contributed by atoms with Gasteiger partial charge in [-0.1, -0.05) is 108 Å². The van der Waals surface area contributed by atoms with Gasteiger partial charge >= 0.3 is 5.97 Å². The van der Waals surface area contributed by atoms with E-state index in [1.54, 1.807) is 74.5 Å². The van der Waals surface area contributed by atoms with Gasteiger partial charge in [-0.25, -0.2) is 4.79 Å². The molecule has 3 aromatic rings. The van der Waals surface area contributed by atoms with E-state index >= 15 is 0 Å². The lowest BCUT2D eigenvalue weighted by atomic mass is 10.0. The number of carbonyl (C=O) groups is 12. The average Bonchev–Trinajstić information content (AvgIpc) is 3.45. The second kappa shape index (κ2) is 33.5. The number of aliphatic hydroxyl groups is 1. The Labute approximate surface area is 479 Å². The summed E-state index contributed by atoms with van der Waals surface area (Å²) in [5, 5.41) is 52.2. The topological polar surface area (TPSA) is 452 Å². The number of aromatic hydroxyl groups is 1. The molecule has 1 saturated heterocycles. The molecule has 3 aromatic carbocycles. The monoisotopic (exact) mass is 1180 g/mol. The number of hydrogen-bond acceptors (Lipinski definition) is 17. The highest BCUT2D eigenvalue weighted by atomic mass is 33.1. The summed E-state index contributed by atoms with van der Waals surface area (Å²) < 4.78 is 0. The number of benzene rings is 3. The lowest BCUT2D eigenvalue weighted by molar-refractivity contribution is -0.142. The van der Waals surface area contributed by atoms with Crippen LogP contribution in [0.25, 0.3) is 0 Å². The molecule has 0 aromatic heterocycles. The molecule has 82 heavy (non-hydrogen) atoms. The predicted octanol–water partition coefficient (Wildman–Crippen LogP) is -3.60. The van der Waals surface area contributed by atoms with Gasteiger partial charge in [0.2, 0.25) is 65.0 Å². The zero-order valence-corrected chi connectivity index (χ0v) is 46.6. The van der Waals surface area contributed by atoms with Crippen molar-refractivity contribution in [3.63, 3.8) is 0 Å². The third kappa shape index (κ3) is 23.1. The highest BCUT2D eigenvalue weighted by molar-refractivity contribution is 8.76. The van der Waals surface area contributed by atoms with Gasteiger partial charge in [-0.3, -0.25) is 52.7 Å². The number of rotatable bonds is 19. The number of hydrogen-bond donors (Lipinski definition) is 15. The Hall–Kier alpha value is -8.28. The van der Waals surface area contributed by atoms with Gasteiger partial charge < -0.3 is 80.4 Å². The zero-order chi connectivity index (χ0) is 60.5. The van der Waals surface area contributed by atoms with Crippen molar-refractivity contribution in [1.29, 1.82) is 0 Å². The summed E-state index contributed by atoms with van der Waals surface area (Å²) in [6, 6.07) is 8.22. The maximum atomic E-state index is 14.5. The maximum Gasteiger partial charge on any atom is 0.326 e. The van der Waals surface area contributed by atoms with Crippen molar-refractivity contribution in [2.45, 2.75) is 113 Å². The summed E-state index contributed by atoms with van der Waals surface area (Å²) in [6.45, 7) is 1.54. The first-order valence-electron chi connectivity index (χ1n) is 25.9. The largest absolute Gasteiger partial charge is 0.508 e. The molecule has 0 radical (unpaired) electrons. The van der Waals surface area contributed by atoms with Crippen LogP contribution in [0.5, 0.6) is 5.75 Å². The first-order chi connectivity index (χ1) is 38.9. The number of aliphatic hydroxyl groups excluding tert-OH is 1. The Morgan fingerprint density at radius 1 is 0.634 bits per heavy atom. The number of phenolic OH excluding ortho intramolecular Hbond substituents is 1. The van der Waals surface area contributed by atoms with Crippen molar-refractivity contribution < 1.29 is 72.9 Å². The van der Waals surface area contributed by atoms with Crippen LogP contribution in [-0.2, 0) is 76.8 Å². The van der Waals surface area contributed by atoms with Gasteiger partial charge in [0.25, 0.3) is 0 Å². The summed E-state index contributed by atoms with van der Waals surface area (Å²) in [7, 11) is 1.72. The van der Waals surface area contributed by atoms with Crippen LogP contribution in [0.3, 0.4) is 0 Å². The van der Waals surface area contributed by atoms with Crippen molar-refractivity contribution in [1.82, 2.24) is 47.9 Å². The molecule has 29 heteroatoms. The number of nitrogens with two attached hydrogens (primary N) is 3. The molecule has 1 aliphatic heterocycles. The van der Waals surface area contributed by atoms with Crippen molar-refractivity contribution >= 4 is 92.5 Å². The minimum absolute atomic E-state index is 0.00912. The number of nitrogens with one attached hydrogen (secondary N) is 9. The van der Waals surface area contributed by atoms with Crippen molar-refractivity contribution in [2.24, 2.45) is 23.1 Å². The van der Waals surface area contributed by atoms with Crippen molar-refractivity contribution in [2.75, 3.05) is 24.7 Å². The Kier molecular flexibility index (Phi) is 27.0. The summed E-state index contributed by atoms with van der Waals surface area (Å²) in [5.74, 6) is -13.9. The van der Waals surface area contributed by atoms with Crippen LogP contribution in [0.15, 0.2) is 84.9 Å². The van der Waals surface area contributed by atoms with Crippen molar-refractivity contribution in [3.8, 4) is 5.75 Å². The fraction of sp³-hybridized carbons (Fsp3) is 0.434. The molecule has 0 spiro atoms. The molecule has 0 aliphatic carbocycles. The predicted molar refractivity (Wildman–Crippen MR) is 300 cm³/mol.